The molecule has 1 heterocycles. The van der Waals surface area contributed by atoms with Gasteiger partial charge in [-0.2, -0.15) is 0 Å². The third-order valence-electron chi connectivity index (χ3n) is 4.79. The summed E-state index contributed by atoms with van der Waals surface area (Å²) in [5, 5.41) is 17.6. The van der Waals surface area contributed by atoms with E-state index in [2.05, 4.69) is 10.3 Å². The summed E-state index contributed by atoms with van der Waals surface area (Å²) in [5.74, 6) is -0.573. The zero-order valence-corrected chi connectivity index (χ0v) is 18.9. The predicted octanol–water partition coefficient (Wildman–Crippen LogP) is 4.52. The van der Waals surface area contributed by atoms with Gasteiger partial charge in [0.2, 0.25) is 14.9 Å². The zero-order chi connectivity index (χ0) is 23.6. The molecule has 1 N–H and O–H groups in total. The van der Waals surface area contributed by atoms with Gasteiger partial charge in [-0.15, -0.1) is 5.10 Å². The number of nitrogens with zero attached hydrogens (tertiary/aromatic N) is 3. The van der Waals surface area contributed by atoms with Crippen LogP contribution in [0.25, 0.3) is 16.9 Å². The molecule has 33 heavy (non-hydrogen) atoms. The van der Waals surface area contributed by atoms with Crippen LogP contribution in [0.2, 0.25) is 5.02 Å². The zero-order valence-electron chi connectivity index (χ0n) is 17.3. The number of aromatic carboxylic acids is 1. The number of halogens is 1. The Morgan fingerprint density at radius 3 is 2.39 bits per heavy atom. The molecule has 0 unspecified atom stereocenters. The largest absolute Gasteiger partial charge is 0.494 e. The van der Waals surface area contributed by atoms with Gasteiger partial charge in [-0.1, -0.05) is 35.0 Å². The molecule has 0 spiro atoms. The van der Waals surface area contributed by atoms with Crippen LogP contribution in [0, 0.1) is 0 Å². The predicted molar refractivity (Wildman–Crippen MR) is 122 cm³/mol. The van der Waals surface area contributed by atoms with E-state index >= 15 is 0 Å². The van der Waals surface area contributed by atoms with E-state index in [0.717, 1.165) is 0 Å². The van der Waals surface area contributed by atoms with Crippen molar-refractivity contribution in [2.24, 2.45) is 0 Å². The number of carbonyl (C=O) groups is 1. The summed E-state index contributed by atoms with van der Waals surface area (Å²) < 4.78 is 33.7. The van der Waals surface area contributed by atoms with Crippen LogP contribution >= 0.6 is 11.6 Å². The highest BCUT2D eigenvalue weighted by molar-refractivity contribution is 7.91. The molecular weight excluding hydrogens is 466 g/mol. The summed E-state index contributed by atoms with van der Waals surface area (Å²) in [4.78, 5) is 11.5. The third kappa shape index (κ3) is 4.46. The van der Waals surface area contributed by atoms with Gasteiger partial charge in [0.25, 0.3) is 0 Å². The number of carboxylic acids is 1. The first-order valence-electron chi connectivity index (χ1n) is 9.84. The van der Waals surface area contributed by atoms with Crippen molar-refractivity contribution >= 4 is 27.4 Å². The van der Waals surface area contributed by atoms with Crippen molar-refractivity contribution in [3.05, 3.63) is 83.4 Å². The van der Waals surface area contributed by atoms with Crippen LogP contribution in [0.15, 0.2) is 82.7 Å². The molecule has 0 amide bonds. The summed E-state index contributed by atoms with van der Waals surface area (Å²) in [6.45, 7) is 2.29. The minimum Gasteiger partial charge on any atom is -0.494 e. The summed E-state index contributed by atoms with van der Waals surface area (Å²) in [6.07, 6.45) is 0. The lowest BCUT2D eigenvalue weighted by Crippen LogP contribution is -2.06. The molecule has 8 nitrogen and oxygen atoms in total. The fourth-order valence-electron chi connectivity index (χ4n) is 3.25. The van der Waals surface area contributed by atoms with Gasteiger partial charge in [0, 0.05) is 10.6 Å². The summed E-state index contributed by atoms with van der Waals surface area (Å²) in [6, 6.07) is 18.5. The van der Waals surface area contributed by atoms with E-state index < -0.39 is 15.8 Å². The van der Waals surface area contributed by atoms with Gasteiger partial charge in [-0.05, 0) is 61.5 Å². The molecule has 0 aliphatic rings. The normalized spacial score (nSPS) is 11.3. The van der Waals surface area contributed by atoms with Gasteiger partial charge in [0.15, 0.2) is 0 Å². The third-order valence-corrected chi connectivity index (χ3v) is 6.72. The van der Waals surface area contributed by atoms with Crippen LogP contribution in [0.4, 0.5) is 0 Å². The Morgan fingerprint density at radius 1 is 1.06 bits per heavy atom. The number of hydrogen-bond acceptors (Lipinski definition) is 6. The Hall–Kier alpha value is -3.69. The Labute approximate surface area is 194 Å². The maximum Gasteiger partial charge on any atom is 0.335 e. The Morgan fingerprint density at radius 2 is 1.76 bits per heavy atom. The summed E-state index contributed by atoms with van der Waals surface area (Å²) >= 11 is 6.02. The van der Waals surface area contributed by atoms with E-state index in [9.17, 15) is 18.3 Å². The van der Waals surface area contributed by atoms with Gasteiger partial charge < -0.3 is 9.84 Å². The van der Waals surface area contributed by atoms with Crippen molar-refractivity contribution in [2.45, 2.75) is 16.8 Å². The molecular formula is C23H18ClN3O5S. The van der Waals surface area contributed by atoms with Gasteiger partial charge in [-0.3, -0.25) is 0 Å². The molecule has 0 saturated heterocycles. The number of ether oxygens (including phenoxy) is 1. The van der Waals surface area contributed by atoms with Gasteiger partial charge in [0.05, 0.1) is 22.8 Å². The van der Waals surface area contributed by atoms with E-state index in [0.29, 0.717) is 28.6 Å². The second kappa shape index (κ2) is 9.05. The van der Waals surface area contributed by atoms with Crippen LogP contribution in [-0.4, -0.2) is 41.1 Å². The quantitative estimate of drug-likeness (QED) is 0.411. The number of rotatable bonds is 7. The molecule has 3 aromatic carbocycles. The van der Waals surface area contributed by atoms with Crippen molar-refractivity contribution in [2.75, 3.05) is 6.61 Å². The Bertz CT molecular complexity index is 1420. The number of carboxylic acid groups (broad SMARTS) is 1. The van der Waals surface area contributed by atoms with Gasteiger partial charge >= 0.3 is 5.97 Å². The van der Waals surface area contributed by atoms with Crippen LogP contribution in [0.1, 0.15) is 17.3 Å². The molecule has 0 bridgehead atoms. The molecule has 0 atom stereocenters. The van der Waals surface area contributed by atoms with Crippen molar-refractivity contribution in [3.63, 3.8) is 0 Å². The van der Waals surface area contributed by atoms with Crippen molar-refractivity contribution < 1.29 is 23.1 Å². The molecule has 0 fully saturated rings. The first kappa shape index (κ1) is 22.5. The maximum atomic E-state index is 13.5. The summed E-state index contributed by atoms with van der Waals surface area (Å²) in [7, 11) is -4.07. The maximum absolute atomic E-state index is 13.5. The minimum atomic E-state index is -4.07. The van der Waals surface area contributed by atoms with Crippen molar-refractivity contribution in [3.8, 4) is 22.7 Å². The lowest BCUT2D eigenvalue weighted by Gasteiger charge is -2.10. The van der Waals surface area contributed by atoms with E-state index in [1.807, 2.05) is 6.92 Å². The van der Waals surface area contributed by atoms with E-state index in [1.165, 1.54) is 28.9 Å². The number of benzene rings is 3. The Balaban J connectivity index is 1.91. The number of hydrogen-bond donors (Lipinski definition) is 1. The SMILES string of the molecule is CCOc1ccc(S(=O)(=O)c2nnn(-c3cccc(C(=O)O)c3)c2-c2ccc(Cl)cc2)cc1. The second-order valence-electron chi connectivity index (χ2n) is 6.93. The van der Waals surface area contributed by atoms with Gasteiger partial charge in [0.1, 0.15) is 11.4 Å². The minimum absolute atomic E-state index is 0.0208. The lowest BCUT2D eigenvalue weighted by atomic mass is 10.1. The second-order valence-corrected chi connectivity index (χ2v) is 9.23. The first-order valence-corrected chi connectivity index (χ1v) is 11.7. The summed E-state index contributed by atoms with van der Waals surface area (Å²) in [5.41, 5.74) is 1.05. The number of sulfone groups is 1. The highest BCUT2D eigenvalue weighted by Crippen LogP contribution is 2.33. The molecule has 0 aliphatic carbocycles. The molecule has 0 saturated carbocycles. The molecule has 168 valence electrons. The first-order chi connectivity index (χ1) is 15.8. The fraction of sp³-hybridized carbons (Fsp3) is 0.0870. The fourth-order valence-corrected chi connectivity index (χ4v) is 4.69. The van der Waals surface area contributed by atoms with Crippen molar-refractivity contribution in [1.29, 1.82) is 0 Å². The van der Waals surface area contributed by atoms with E-state index in [-0.39, 0.29) is 21.2 Å². The van der Waals surface area contributed by atoms with Crippen LogP contribution in [0.5, 0.6) is 5.75 Å². The van der Waals surface area contributed by atoms with Gasteiger partial charge in [-0.25, -0.2) is 17.9 Å². The highest BCUT2D eigenvalue weighted by Gasteiger charge is 2.29. The van der Waals surface area contributed by atoms with Crippen LogP contribution in [0.3, 0.4) is 0 Å². The average Bonchev–Trinajstić information content (AvgIpc) is 3.26. The van der Waals surface area contributed by atoms with Crippen LogP contribution < -0.4 is 4.74 Å². The molecule has 10 heteroatoms. The molecule has 1 aromatic heterocycles. The topological polar surface area (TPSA) is 111 Å². The van der Waals surface area contributed by atoms with E-state index in [4.69, 9.17) is 16.3 Å². The molecule has 4 rings (SSSR count). The lowest BCUT2D eigenvalue weighted by molar-refractivity contribution is 0.0697. The standard InChI is InChI=1S/C23H18ClN3O5S/c1-2-32-19-10-12-20(13-11-19)33(30,31)22-21(15-6-8-17(24)9-7-15)27(26-25-22)18-5-3-4-16(14-18)23(28)29/h3-14H,2H2,1H3,(H,28,29). The monoisotopic (exact) mass is 483 g/mol. The Kier molecular flexibility index (Phi) is 6.17. The van der Waals surface area contributed by atoms with Crippen molar-refractivity contribution in [1.82, 2.24) is 15.0 Å². The number of aromatic nitrogens is 3. The smallest absolute Gasteiger partial charge is 0.335 e. The van der Waals surface area contributed by atoms with Crippen LogP contribution in [-0.2, 0) is 9.84 Å². The molecule has 0 aliphatic heterocycles. The van der Waals surface area contributed by atoms with E-state index in [1.54, 1.807) is 48.5 Å². The molecule has 4 aromatic rings. The average molecular weight is 484 g/mol. The molecule has 0 radical (unpaired) electrons. The highest BCUT2D eigenvalue weighted by atomic mass is 35.5.